The van der Waals surface area contributed by atoms with Crippen molar-refractivity contribution in [1.82, 2.24) is 0 Å². The van der Waals surface area contributed by atoms with Crippen LogP contribution in [0.15, 0.2) is 0 Å². The van der Waals surface area contributed by atoms with E-state index in [-0.39, 0.29) is 161 Å². The molecule has 0 spiro atoms. The third-order valence-corrected chi connectivity index (χ3v) is 6.10. The van der Waals surface area contributed by atoms with E-state index < -0.39 is 18.5 Å². The van der Waals surface area contributed by atoms with E-state index in [1.54, 1.807) is 34.6 Å². The molecule has 0 heterocycles. The summed E-state index contributed by atoms with van der Waals surface area (Å²) in [6, 6.07) is 0. The van der Waals surface area contributed by atoms with Gasteiger partial charge in [0.15, 0.2) is 6.29 Å². The maximum Gasteiger partial charge on any atom is 0.305 e. The minimum atomic E-state index is -0.879. The molecule has 0 aliphatic rings. The molecule has 2 atom stereocenters. The summed E-state index contributed by atoms with van der Waals surface area (Å²) >= 11 is 0. The molecular weight excluding hydrogens is 668 g/mol. The summed E-state index contributed by atoms with van der Waals surface area (Å²) in [5.74, 6) is -1.78. The fourth-order valence-electron chi connectivity index (χ4n) is 3.41. The Morgan fingerprint density at radius 2 is 0.620 bits per heavy atom. The van der Waals surface area contributed by atoms with E-state index in [9.17, 15) is 24.0 Å². The Bertz CT molecular complexity index is 876. The lowest BCUT2D eigenvalue weighted by Crippen LogP contribution is -2.34. The van der Waals surface area contributed by atoms with Crippen LogP contribution in [-0.2, 0) is 80.8 Å². The fraction of sp³-hybridized carbons (Fsp3) is 0.848. The van der Waals surface area contributed by atoms with Gasteiger partial charge < -0.3 is 56.8 Å². The summed E-state index contributed by atoms with van der Waals surface area (Å²) in [6.07, 6.45) is -0.849. The summed E-state index contributed by atoms with van der Waals surface area (Å²) in [5.41, 5.74) is 0. The highest BCUT2D eigenvalue weighted by Gasteiger charge is 2.18. The smallest absolute Gasteiger partial charge is 0.305 e. The first-order valence-corrected chi connectivity index (χ1v) is 17.2. The van der Waals surface area contributed by atoms with Crippen molar-refractivity contribution in [2.24, 2.45) is 0 Å². The van der Waals surface area contributed by atoms with Crippen LogP contribution in [0.3, 0.4) is 0 Å². The second-order valence-corrected chi connectivity index (χ2v) is 10.2. The third-order valence-electron chi connectivity index (χ3n) is 6.10. The maximum atomic E-state index is 11.5. The van der Waals surface area contributed by atoms with Crippen LogP contribution in [-0.4, -0.2) is 147 Å². The molecule has 0 saturated carbocycles. The normalized spacial score (nSPS) is 12.3. The summed E-state index contributed by atoms with van der Waals surface area (Å²) in [4.78, 5) is 57.2. The summed E-state index contributed by atoms with van der Waals surface area (Å²) in [5, 5.41) is 0. The molecule has 17 heteroatoms. The predicted molar refractivity (Wildman–Crippen MR) is 174 cm³/mol. The highest BCUT2D eigenvalue weighted by molar-refractivity contribution is 5.70. The minimum absolute atomic E-state index is 0.0191. The molecule has 0 aromatic carbocycles. The van der Waals surface area contributed by atoms with Crippen molar-refractivity contribution < 1.29 is 80.8 Å². The van der Waals surface area contributed by atoms with Gasteiger partial charge in [0.25, 0.3) is 0 Å². The number of hydrogen-bond donors (Lipinski definition) is 0. The number of carbonyl (C=O) groups excluding carboxylic acids is 5. The molecule has 2 unspecified atom stereocenters. The molecule has 292 valence electrons. The van der Waals surface area contributed by atoms with Gasteiger partial charge in [-0.05, 0) is 0 Å². The van der Waals surface area contributed by atoms with E-state index in [1.165, 1.54) is 0 Å². The largest absolute Gasteiger partial charge is 0.463 e. The first kappa shape index (κ1) is 47.1. The number of ether oxygens (including phenoxy) is 12. The Morgan fingerprint density at radius 1 is 0.340 bits per heavy atom. The Balaban J connectivity index is 5.17. The van der Waals surface area contributed by atoms with E-state index in [4.69, 9.17) is 56.8 Å². The predicted octanol–water partition coefficient (Wildman–Crippen LogP) is 1.93. The zero-order valence-electron chi connectivity index (χ0n) is 30.3. The molecule has 0 rings (SSSR count). The molecule has 0 fully saturated rings. The van der Waals surface area contributed by atoms with Crippen molar-refractivity contribution in [3.63, 3.8) is 0 Å². The van der Waals surface area contributed by atoms with E-state index >= 15 is 0 Å². The molecule has 0 aliphatic carbocycles. The Kier molecular flexibility index (Phi) is 31.3. The van der Waals surface area contributed by atoms with Gasteiger partial charge in [0.2, 0.25) is 0 Å². The standard InChI is InChI=1S/C33H58O17/c1-6-28(34)44-12-11-39-21-26(42-13-15-45-29(35)7-2)22-40-23-27(43-14-16-46-30(36)8-3)24-41-25-33(49-19-17-47-31(37)9-4)50-20-18-48-32(38)10-5/h26-27,33H,6-25H2,1-5H3. The number of esters is 5. The molecule has 0 N–H and O–H groups in total. The lowest BCUT2D eigenvalue weighted by molar-refractivity contribution is -0.193. The van der Waals surface area contributed by atoms with Gasteiger partial charge in [0, 0.05) is 32.1 Å². The highest BCUT2D eigenvalue weighted by Crippen LogP contribution is 2.04. The molecule has 0 radical (unpaired) electrons. The van der Waals surface area contributed by atoms with Gasteiger partial charge in [-0.1, -0.05) is 34.6 Å². The quantitative estimate of drug-likeness (QED) is 0.0403. The first-order valence-electron chi connectivity index (χ1n) is 17.2. The number of rotatable bonds is 34. The van der Waals surface area contributed by atoms with Crippen LogP contribution in [0.1, 0.15) is 66.7 Å². The summed E-state index contributed by atoms with van der Waals surface area (Å²) in [6.45, 7) is 9.28. The van der Waals surface area contributed by atoms with Crippen molar-refractivity contribution in [2.45, 2.75) is 85.2 Å². The summed E-state index contributed by atoms with van der Waals surface area (Å²) in [7, 11) is 0. The van der Waals surface area contributed by atoms with Crippen LogP contribution in [0.25, 0.3) is 0 Å². The molecule has 0 aromatic heterocycles. The van der Waals surface area contributed by atoms with Crippen LogP contribution >= 0.6 is 0 Å². The molecule has 0 bridgehead atoms. The second kappa shape index (κ2) is 33.2. The zero-order chi connectivity index (χ0) is 37.2. The third kappa shape index (κ3) is 28.9. The molecule has 50 heavy (non-hydrogen) atoms. The molecular formula is C33H58O17. The minimum Gasteiger partial charge on any atom is -0.463 e. The molecule has 17 nitrogen and oxygen atoms in total. The monoisotopic (exact) mass is 726 g/mol. The van der Waals surface area contributed by atoms with Gasteiger partial charge in [0.1, 0.15) is 45.2 Å². The van der Waals surface area contributed by atoms with E-state index in [2.05, 4.69) is 0 Å². The van der Waals surface area contributed by atoms with Gasteiger partial charge in [0.05, 0.1) is 66.1 Å². The van der Waals surface area contributed by atoms with E-state index in [0.717, 1.165) is 0 Å². The number of carbonyl (C=O) groups is 5. The summed E-state index contributed by atoms with van der Waals surface area (Å²) < 4.78 is 65.5. The molecule has 0 amide bonds. The maximum absolute atomic E-state index is 11.5. The molecule has 0 aliphatic heterocycles. The van der Waals surface area contributed by atoms with Crippen molar-refractivity contribution in [2.75, 3.05) is 99.1 Å². The lowest BCUT2D eigenvalue weighted by Gasteiger charge is -2.23. The average molecular weight is 727 g/mol. The topological polar surface area (TPSA) is 196 Å². The number of hydrogen-bond acceptors (Lipinski definition) is 17. The van der Waals surface area contributed by atoms with Crippen molar-refractivity contribution in [1.29, 1.82) is 0 Å². The van der Waals surface area contributed by atoms with Gasteiger partial charge >= 0.3 is 29.8 Å². The van der Waals surface area contributed by atoms with Crippen LogP contribution in [0.4, 0.5) is 0 Å². The zero-order valence-corrected chi connectivity index (χ0v) is 30.3. The SMILES string of the molecule is CCC(=O)OCCOCC(COCC(COCC(OCCOC(=O)CC)OCCOC(=O)CC)OCCOC(=O)CC)OCCOC(=O)CC. The average Bonchev–Trinajstić information content (AvgIpc) is 3.13. The van der Waals surface area contributed by atoms with Crippen LogP contribution in [0, 0.1) is 0 Å². The fourth-order valence-corrected chi connectivity index (χ4v) is 3.41. The van der Waals surface area contributed by atoms with Gasteiger partial charge in [-0.25, -0.2) is 0 Å². The second-order valence-electron chi connectivity index (χ2n) is 10.2. The lowest BCUT2D eigenvalue weighted by atomic mass is 10.3. The molecule has 0 saturated heterocycles. The Morgan fingerprint density at radius 3 is 0.960 bits per heavy atom. The Hall–Kier alpha value is -2.93. The van der Waals surface area contributed by atoms with Gasteiger partial charge in [-0.15, -0.1) is 0 Å². The van der Waals surface area contributed by atoms with Crippen LogP contribution in [0.2, 0.25) is 0 Å². The van der Waals surface area contributed by atoms with E-state index in [1.807, 2.05) is 0 Å². The highest BCUT2D eigenvalue weighted by atomic mass is 16.7. The van der Waals surface area contributed by atoms with Crippen LogP contribution < -0.4 is 0 Å². The molecule has 0 aromatic rings. The Labute approximate surface area is 295 Å². The van der Waals surface area contributed by atoms with Crippen molar-refractivity contribution >= 4 is 29.8 Å². The van der Waals surface area contributed by atoms with Crippen LogP contribution in [0.5, 0.6) is 0 Å². The van der Waals surface area contributed by atoms with Gasteiger partial charge in [-0.3, -0.25) is 24.0 Å². The van der Waals surface area contributed by atoms with E-state index in [0.29, 0.717) is 0 Å². The van der Waals surface area contributed by atoms with Crippen molar-refractivity contribution in [3.8, 4) is 0 Å². The first-order chi connectivity index (χ1) is 24.2. The van der Waals surface area contributed by atoms with Gasteiger partial charge in [-0.2, -0.15) is 0 Å². The van der Waals surface area contributed by atoms with Crippen molar-refractivity contribution in [3.05, 3.63) is 0 Å².